The van der Waals surface area contributed by atoms with Crippen LogP contribution in [0.25, 0.3) is 10.2 Å². The first-order chi connectivity index (χ1) is 6.74. The van der Waals surface area contributed by atoms with E-state index in [0.29, 0.717) is 0 Å². The van der Waals surface area contributed by atoms with Crippen LogP contribution in [0.5, 0.6) is 0 Å². The Hall–Kier alpha value is -1.06. The van der Waals surface area contributed by atoms with E-state index in [4.69, 9.17) is 11.6 Å². The number of alkyl halides is 1. The van der Waals surface area contributed by atoms with E-state index in [0.717, 1.165) is 10.2 Å². The molecule has 0 fully saturated rings. The zero-order valence-corrected chi connectivity index (χ0v) is 8.89. The third kappa shape index (κ3) is 1.38. The van der Waals surface area contributed by atoms with Gasteiger partial charge in [0.1, 0.15) is 5.50 Å². The molecule has 0 bridgehead atoms. The van der Waals surface area contributed by atoms with Gasteiger partial charge in [0.25, 0.3) is 0 Å². The summed E-state index contributed by atoms with van der Waals surface area (Å²) in [5.41, 5.74) is 0.390. The molecule has 2 rings (SSSR count). The standard InChI is InChI=1S/C10H8ClNOS/c1-2-9(11)12-7-5-3-4-6-8(7)14-10(12)13/h2-6,9H,1H2. The number of benzene rings is 1. The van der Waals surface area contributed by atoms with Crippen molar-refractivity contribution < 1.29 is 0 Å². The minimum Gasteiger partial charge on any atom is -0.278 e. The van der Waals surface area contributed by atoms with Crippen molar-refractivity contribution in [2.24, 2.45) is 0 Å². The predicted molar refractivity (Wildman–Crippen MR) is 61.2 cm³/mol. The lowest BCUT2D eigenvalue weighted by Crippen LogP contribution is -2.13. The topological polar surface area (TPSA) is 22.0 Å². The van der Waals surface area contributed by atoms with Crippen LogP contribution in [0.4, 0.5) is 0 Å². The highest BCUT2D eigenvalue weighted by molar-refractivity contribution is 7.16. The highest BCUT2D eigenvalue weighted by atomic mass is 35.5. The lowest BCUT2D eigenvalue weighted by Gasteiger charge is -2.05. The molecule has 0 spiro atoms. The van der Waals surface area contributed by atoms with Crippen LogP contribution < -0.4 is 4.87 Å². The molecule has 14 heavy (non-hydrogen) atoms. The van der Waals surface area contributed by atoms with Crippen LogP contribution in [-0.4, -0.2) is 4.57 Å². The number of hydrogen-bond acceptors (Lipinski definition) is 2. The van der Waals surface area contributed by atoms with Crippen molar-refractivity contribution in [1.82, 2.24) is 4.57 Å². The molecule has 1 unspecified atom stereocenters. The minimum absolute atomic E-state index is 0.0499. The molecule has 0 radical (unpaired) electrons. The summed E-state index contributed by atoms with van der Waals surface area (Å²) in [5, 5.41) is 0. The van der Waals surface area contributed by atoms with Crippen LogP contribution in [0.2, 0.25) is 0 Å². The fourth-order valence-corrected chi connectivity index (χ4v) is 2.49. The monoisotopic (exact) mass is 225 g/mol. The second-order valence-corrected chi connectivity index (χ2v) is 4.25. The van der Waals surface area contributed by atoms with Gasteiger partial charge in [-0.25, -0.2) is 0 Å². The van der Waals surface area contributed by atoms with Crippen molar-refractivity contribution in [3.8, 4) is 0 Å². The van der Waals surface area contributed by atoms with Crippen LogP contribution in [0.1, 0.15) is 5.50 Å². The van der Waals surface area contributed by atoms with Gasteiger partial charge in [0, 0.05) is 0 Å². The molecule has 1 heterocycles. The lowest BCUT2D eigenvalue weighted by molar-refractivity contribution is 0.808. The Morgan fingerprint density at radius 3 is 2.93 bits per heavy atom. The van der Waals surface area contributed by atoms with Gasteiger partial charge in [-0.3, -0.25) is 9.36 Å². The molecule has 0 saturated heterocycles. The Morgan fingerprint density at radius 1 is 1.50 bits per heavy atom. The molecule has 1 aromatic heterocycles. The predicted octanol–water partition coefficient (Wildman–Crippen LogP) is 2.99. The first-order valence-electron chi connectivity index (χ1n) is 4.10. The highest BCUT2D eigenvalue weighted by Crippen LogP contribution is 2.22. The number of hydrogen-bond donors (Lipinski definition) is 0. The van der Waals surface area contributed by atoms with Crippen molar-refractivity contribution in [2.75, 3.05) is 0 Å². The summed E-state index contributed by atoms with van der Waals surface area (Å²) in [5.74, 6) is 0. The summed E-state index contributed by atoms with van der Waals surface area (Å²) in [6, 6.07) is 7.58. The molecule has 0 amide bonds. The number of halogens is 1. The first-order valence-corrected chi connectivity index (χ1v) is 5.36. The minimum atomic E-state index is -0.473. The molecular weight excluding hydrogens is 218 g/mol. The third-order valence-corrected chi connectivity index (χ3v) is 3.27. The number of aromatic nitrogens is 1. The molecule has 1 atom stereocenters. The van der Waals surface area contributed by atoms with Gasteiger partial charge in [0.05, 0.1) is 10.2 Å². The smallest absolute Gasteiger partial charge is 0.278 e. The van der Waals surface area contributed by atoms with E-state index in [1.165, 1.54) is 15.9 Å². The van der Waals surface area contributed by atoms with Crippen molar-refractivity contribution >= 4 is 33.2 Å². The van der Waals surface area contributed by atoms with E-state index < -0.39 is 5.50 Å². The van der Waals surface area contributed by atoms with Gasteiger partial charge < -0.3 is 0 Å². The molecule has 72 valence electrons. The number of fused-ring (bicyclic) bond motifs is 1. The van der Waals surface area contributed by atoms with Gasteiger partial charge >= 0.3 is 4.87 Å². The lowest BCUT2D eigenvalue weighted by atomic mass is 10.3. The number of nitrogens with zero attached hydrogens (tertiary/aromatic N) is 1. The Morgan fingerprint density at radius 2 is 2.21 bits per heavy atom. The summed E-state index contributed by atoms with van der Waals surface area (Å²) in [6.07, 6.45) is 1.54. The molecule has 2 nitrogen and oxygen atoms in total. The maximum Gasteiger partial charge on any atom is 0.309 e. The van der Waals surface area contributed by atoms with Crippen molar-refractivity contribution in [3.63, 3.8) is 0 Å². The Bertz CT molecular complexity index is 528. The van der Waals surface area contributed by atoms with Gasteiger partial charge in [-0.05, 0) is 12.1 Å². The molecule has 1 aromatic carbocycles. The second-order valence-electron chi connectivity index (χ2n) is 2.81. The van der Waals surface area contributed by atoms with Crippen molar-refractivity contribution in [2.45, 2.75) is 5.50 Å². The van der Waals surface area contributed by atoms with Gasteiger partial charge in [0.2, 0.25) is 0 Å². The van der Waals surface area contributed by atoms with E-state index >= 15 is 0 Å². The second kappa shape index (κ2) is 3.59. The first kappa shape index (κ1) is 9.49. The third-order valence-electron chi connectivity index (χ3n) is 1.96. The van der Waals surface area contributed by atoms with Crippen molar-refractivity contribution in [3.05, 3.63) is 46.6 Å². The molecule has 4 heteroatoms. The molecule has 0 saturated carbocycles. The average molecular weight is 226 g/mol. The van der Waals surface area contributed by atoms with E-state index in [2.05, 4.69) is 6.58 Å². The number of para-hydroxylation sites is 1. The summed E-state index contributed by atoms with van der Waals surface area (Å²) < 4.78 is 2.49. The highest BCUT2D eigenvalue weighted by Gasteiger charge is 2.11. The van der Waals surface area contributed by atoms with Gasteiger partial charge in [0.15, 0.2) is 0 Å². The summed E-state index contributed by atoms with van der Waals surface area (Å²) >= 11 is 7.17. The zero-order valence-electron chi connectivity index (χ0n) is 7.31. The summed E-state index contributed by atoms with van der Waals surface area (Å²) in [6.45, 7) is 3.58. The Labute approximate surface area is 90.1 Å². The maximum atomic E-state index is 11.6. The van der Waals surface area contributed by atoms with Gasteiger partial charge in [-0.2, -0.15) is 0 Å². The molecule has 0 aliphatic carbocycles. The summed E-state index contributed by atoms with van der Waals surface area (Å²) in [4.78, 5) is 11.5. The molecule has 2 aromatic rings. The fraction of sp³-hybridized carbons (Fsp3) is 0.100. The normalized spacial score (nSPS) is 12.9. The van der Waals surface area contributed by atoms with Crippen LogP contribution in [0, 0.1) is 0 Å². The van der Waals surface area contributed by atoms with E-state index in [1.807, 2.05) is 24.3 Å². The van der Waals surface area contributed by atoms with Crippen LogP contribution >= 0.6 is 22.9 Å². The largest absolute Gasteiger partial charge is 0.309 e. The van der Waals surface area contributed by atoms with Gasteiger partial charge in [-0.15, -0.1) is 0 Å². The number of allylic oxidation sites excluding steroid dienone is 1. The van der Waals surface area contributed by atoms with Crippen LogP contribution in [-0.2, 0) is 0 Å². The Balaban J connectivity index is 2.80. The fourth-order valence-electron chi connectivity index (χ4n) is 1.32. The maximum absolute atomic E-state index is 11.6. The summed E-state index contributed by atoms with van der Waals surface area (Å²) in [7, 11) is 0. The Kier molecular flexibility index (Phi) is 2.44. The van der Waals surface area contributed by atoms with Crippen LogP contribution in [0.3, 0.4) is 0 Å². The number of rotatable bonds is 2. The van der Waals surface area contributed by atoms with E-state index in [9.17, 15) is 4.79 Å². The quantitative estimate of drug-likeness (QED) is 0.569. The van der Waals surface area contributed by atoms with Crippen LogP contribution in [0.15, 0.2) is 41.7 Å². The SMILES string of the molecule is C=CC(Cl)n1c(=O)sc2ccccc21. The molecule has 0 aliphatic rings. The molecule has 0 aliphatic heterocycles. The average Bonchev–Trinajstić information content (AvgIpc) is 2.53. The van der Waals surface area contributed by atoms with Gasteiger partial charge in [-0.1, -0.05) is 47.7 Å². The van der Waals surface area contributed by atoms with E-state index in [1.54, 1.807) is 6.08 Å². The molecule has 0 N–H and O–H groups in total. The van der Waals surface area contributed by atoms with E-state index in [-0.39, 0.29) is 4.87 Å². The number of thiazole rings is 1. The van der Waals surface area contributed by atoms with Crippen molar-refractivity contribution in [1.29, 1.82) is 0 Å². The zero-order chi connectivity index (χ0) is 10.1. The molecular formula is C10H8ClNOS.